The molecular formula is C23H24N6O5. The van der Waals surface area contributed by atoms with Crippen molar-refractivity contribution in [3.63, 3.8) is 0 Å². The van der Waals surface area contributed by atoms with Crippen molar-refractivity contribution in [1.82, 2.24) is 30.8 Å². The van der Waals surface area contributed by atoms with Gasteiger partial charge in [0.05, 0.1) is 6.54 Å². The van der Waals surface area contributed by atoms with Gasteiger partial charge in [-0.1, -0.05) is 53.7 Å². The summed E-state index contributed by atoms with van der Waals surface area (Å²) in [5.74, 6) is -1.41. The summed E-state index contributed by atoms with van der Waals surface area (Å²) in [6.07, 6.45) is -1.18. The summed E-state index contributed by atoms with van der Waals surface area (Å²) < 4.78 is 5.50. The number of rotatable bonds is 9. The van der Waals surface area contributed by atoms with Gasteiger partial charge in [0, 0.05) is 19.4 Å². The number of ether oxygens (including phenoxy) is 1. The second kappa shape index (κ2) is 10.1. The second-order valence-corrected chi connectivity index (χ2v) is 7.98. The van der Waals surface area contributed by atoms with Crippen molar-refractivity contribution in [2.75, 3.05) is 13.7 Å². The van der Waals surface area contributed by atoms with Crippen LogP contribution in [0.3, 0.4) is 0 Å². The fourth-order valence-electron chi connectivity index (χ4n) is 4.11. The molecule has 1 aliphatic rings. The molecule has 2 amide bonds. The number of carboxylic acids is 1. The molecule has 0 aliphatic heterocycles. The zero-order chi connectivity index (χ0) is 24.1. The smallest absolute Gasteiger partial charge is 0.407 e. The van der Waals surface area contributed by atoms with Crippen LogP contribution in [0.4, 0.5) is 4.79 Å². The Morgan fingerprint density at radius 2 is 1.76 bits per heavy atom. The largest absolute Gasteiger partial charge is 0.481 e. The first-order valence-electron chi connectivity index (χ1n) is 10.7. The quantitative estimate of drug-likeness (QED) is 0.435. The molecule has 1 heterocycles. The highest BCUT2D eigenvalue weighted by Gasteiger charge is 2.30. The van der Waals surface area contributed by atoms with Crippen LogP contribution in [0.5, 0.6) is 0 Å². The Labute approximate surface area is 195 Å². The molecule has 2 aromatic carbocycles. The van der Waals surface area contributed by atoms with Crippen LogP contribution >= 0.6 is 0 Å². The lowest BCUT2D eigenvalue weighted by molar-refractivity contribution is -0.138. The third-order valence-electron chi connectivity index (χ3n) is 5.72. The Morgan fingerprint density at radius 1 is 1.12 bits per heavy atom. The molecule has 11 heteroatoms. The van der Waals surface area contributed by atoms with Crippen molar-refractivity contribution in [2.45, 2.75) is 31.3 Å². The number of carboxylic acid groups (broad SMARTS) is 1. The van der Waals surface area contributed by atoms with Gasteiger partial charge in [-0.05, 0) is 28.7 Å². The van der Waals surface area contributed by atoms with Crippen LogP contribution in [0.1, 0.15) is 35.7 Å². The van der Waals surface area contributed by atoms with Gasteiger partial charge in [-0.15, -0.1) is 10.2 Å². The molecule has 0 radical (unpaired) electrons. The number of aromatic nitrogens is 4. The van der Waals surface area contributed by atoms with Crippen LogP contribution in [0, 0.1) is 0 Å². The zero-order valence-electron chi connectivity index (χ0n) is 18.5. The van der Waals surface area contributed by atoms with Crippen LogP contribution in [0.25, 0.3) is 11.1 Å². The van der Waals surface area contributed by atoms with Crippen molar-refractivity contribution in [2.24, 2.45) is 0 Å². The van der Waals surface area contributed by atoms with E-state index in [0.717, 1.165) is 22.3 Å². The van der Waals surface area contributed by atoms with Gasteiger partial charge in [0.25, 0.3) is 0 Å². The molecule has 1 aromatic heterocycles. The average Bonchev–Trinajstić information content (AvgIpc) is 3.46. The molecule has 4 rings (SSSR count). The van der Waals surface area contributed by atoms with Gasteiger partial charge in [0.1, 0.15) is 12.6 Å². The number of aliphatic carboxylic acids is 1. The van der Waals surface area contributed by atoms with Crippen LogP contribution in [-0.4, -0.2) is 68.3 Å². The number of nitrogens with one attached hydrogen (secondary N) is 2. The summed E-state index contributed by atoms with van der Waals surface area (Å²) in [5, 5.41) is 24.9. The molecule has 3 N–H and O–H groups in total. The number of carbonyl (C=O) groups excluding carboxylic acids is 2. The van der Waals surface area contributed by atoms with E-state index in [1.54, 1.807) is 0 Å². The standard InChI is InChI=1S/C23H24N6O5/c1-29(12-20-25-27-28-26-20)22(32)19(10-11-21(30)31)24-23(33)34-13-18-16-8-4-2-6-14(16)15-7-3-5-9-17(15)18/h2-9,18-19H,10-13H2,1H3,(H,24,33)(H,30,31)(H,25,26,27,28). The van der Waals surface area contributed by atoms with Crippen molar-refractivity contribution < 1.29 is 24.2 Å². The van der Waals surface area contributed by atoms with Gasteiger partial charge < -0.3 is 20.1 Å². The van der Waals surface area contributed by atoms with E-state index in [2.05, 4.69) is 25.9 Å². The van der Waals surface area contributed by atoms with E-state index in [9.17, 15) is 14.4 Å². The lowest BCUT2D eigenvalue weighted by Crippen LogP contribution is -2.47. The number of H-pyrrole nitrogens is 1. The molecule has 1 unspecified atom stereocenters. The molecular weight excluding hydrogens is 440 g/mol. The molecule has 11 nitrogen and oxygen atoms in total. The summed E-state index contributed by atoms with van der Waals surface area (Å²) in [6, 6.07) is 14.8. The number of benzene rings is 2. The Kier molecular flexibility index (Phi) is 6.81. The first-order valence-corrected chi connectivity index (χ1v) is 10.7. The highest BCUT2D eigenvalue weighted by atomic mass is 16.5. The maximum absolute atomic E-state index is 12.9. The highest BCUT2D eigenvalue weighted by Crippen LogP contribution is 2.44. The molecule has 0 saturated heterocycles. The molecule has 34 heavy (non-hydrogen) atoms. The number of alkyl carbamates (subject to hydrolysis) is 1. The summed E-state index contributed by atoms with van der Waals surface area (Å²) in [4.78, 5) is 37.9. The number of hydrogen-bond donors (Lipinski definition) is 3. The van der Waals surface area contributed by atoms with Gasteiger partial charge in [0.15, 0.2) is 5.82 Å². The minimum atomic E-state index is -1.08. The molecule has 1 aliphatic carbocycles. The number of nitrogens with zero attached hydrogens (tertiary/aromatic N) is 4. The van der Waals surface area contributed by atoms with Gasteiger partial charge in [-0.3, -0.25) is 9.59 Å². The fourth-order valence-corrected chi connectivity index (χ4v) is 4.11. The molecule has 0 bridgehead atoms. The number of hydrogen-bond acceptors (Lipinski definition) is 7. The normalized spacial score (nSPS) is 13.0. The van der Waals surface area contributed by atoms with Gasteiger partial charge >= 0.3 is 12.1 Å². The SMILES string of the molecule is CN(Cc1nn[nH]n1)C(=O)C(CCC(=O)O)NC(=O)OCC1c2ccccc2-c2ccccc21. The van der Waals surface area contributed by atoms with Crippen molar-refractivity contribution in [3.05, 3.63) is 65.5 Å². The van der Waals surface area contributed by atoms with E-state index in [-0.39, 0.29) is 37.7 Å². The second-order valence-electron chi connectivity index (χ2n) is 7.98. The van der Waals surface area contributed by atoms with E-state index >= 15 is 0 Å². The maximum Gasteiger partial charge on any atom is 0.407 e. The molecule has 0 saturated carbocycles. The Hall–Kier alpha value is -4.28. The molecule has 0 fully saturated rings. The zero-order valence-corrected chi connectivity index (χ0v) is 18.5. The van der Waals surface area contributed by atoms with Crippen LogP contribution in [0.15, 0.2) is 48.5 Å². The number of tetrazole rings is 1. The third kappa shape index (κ3) is 5.03. The lowest BCUT2D eigenvalue weighted by atomic mass is 9.98. The van der Waals surface area contributed by atoms with E-state index in [1.165, 1.54) is 11.9 Å². The molecule has 1 atom stereocenters. The number of fused-ring (bicyclic) bond motifs is 3. The molecule has 176 valence electrons. The number of carbonyl (C=O) groups is 3. The van der Waals surface area contributed by atoms with E-state index < -0.39 is 24.0 Å². The van der Waals surface area contributed by atoms with Crippen LogP contribution < -0.4 is 5.32 Å². The Balaban J connectivity index is 1.41. The van der Waals surface area contributed by atoms with Gasteiger partial charge in [-0.2, -0.15) is 5.21 Å². The van der Waals surface area contributed by atoms with Crippen LogP contribution in [0.2, 0.25) is 0 Å². The van der Waals surface area contributed by atoms with E-state index in [4.69, 9.17) is 9.84 Å². The summed E-state index contributed by atoms with van der Waals surface area (Å²) in [7, 11) is 1.51. The Morgan fingerprint density at radius 3 is 2.35 bits per heavy atom. The number of aromatic amines is 1. The minimum absolute atomic E-state index is 0.0469. The summed E-state index contributed by atoms with van der Waals surface area (Å²) in [6.45, 7) is 0.129. The van der Waals surface area contributed by atoms with Gasteiger partial charge in [-0.25, -0.2) is 4.79 Å². The lowest BCUT2D eigenvalue weighted by Gasteiger charge is -2.23. The maximum atomic E-state index is 12.9. The van der Waals surface area contributed by atoms with Crippen molar-refractivity contribution in [1.29, 1.82) is 0 Å². The number of likely N-dealkylation sites (N-methyl/N-ethyl adjacent to an activating group) is 1. The first kappa shape index (κ1) is 22.9. The third-order valence-corrected chi connectivity index (χ3v) is 5.72. The van der Waals surface area contributed by atoms with Crippen LogP contribution in [-0.2, 0) is 20.9 Å². The fraction of sp³-hybridized carbons (Fsp3) is 0.304. The van der Waals surface area contributed by atoms with Crippen molar-refractivity contribution >= 4 is 18.0 Å². The minimum Gasteiger partial charge on any atom is -0.481 e. The summed E-state index contributed by atoms with van der Waals surface area (Å²) >= 11 is 0. The van der Waals surface area contributed by atoms with Crippen molar-refractivity contribution in [3.8, 4) is 11.1 Å². The monoisotopic (exact) mass is 464 g/mol. The predicted octanol–water partition coefficient (Wildman–Crippen LogP) is 1.93. The Bertz CT molecular complexity index is 1140. The average molecular weight is 464 g/mol. The predicted molar refractivity (Wildman–Crippen MR) is 120 cm³/mol. The van der Waals surface area contributed by atoms with E-state index in [0.29, 0.717) is 0 Å². The summed E-state index contributed by atoms with van der Waals surface area (Å²) in [5.41, 5.74) is 4.33. The molecule has 0 spiro atoms. The first-order chi connectivity index (χ1) is 16.4. The molecule has 3 aromatic rings. The van der Waals surface area contributed by atoms with E-state index in [1.807, 2.05) is 48.5 Å². The highest BCUT2D eigenvalue weighted by molar-refractivity contribution is 5.86. The topological polar surface area (TPSA) is 150 Å². The number of amides is 2. The van der Waals surface area contributed by atoms with Gasteiger partial charge in [0.2, 0.25) is 5.91 Å².